The third kappa shape index (κ3) is 3.20. The molecule has 1 aliphatic rings. The van der Waals surface area contributed by atoms with Crippen LogP contribution in [0.3, 0.4) is 0 Å². The van der Waals surface area contributed by atoms with Gasteiger partial charge >= 0.3 is 0 Å². The fraction of sp³-hybridized carbons (Fsp3) is 0.368. The Morgan fingerprint density at radius 3 is 2.82 bits per heavy atom. The van der Waals surface area contributed by atoms with Crippen molar-refractivity contribution in [1.29, 1.82) is 0 Å². The maximum Gasteiger partial charge on any atom is 0.240 e. The zero-order valence-electron chi connectivity index (χ0n) is 16.2. The summed E-state index contributed by atoms with van der Waals surface area (Å²) < 4.78 is 27.1. The van der Waals surface area contributed by atoms with E-state index in [9.17, 15) is 8.42 Å². The molecule has 0 unspecified atom stereocenters. The van der Waals surface area contributed by atoms with Gasteiger partial charge in [0.2, 0.25) is 10.0 Å². The van der Waals surface area contributed by atoms with E-state index in [0.29, 0.717) is 17.5 Å². The van der Waals surface area contributed by atoms with E-state index in [1.807, 2.05) is 19.2 Å². The van der Waals surface area contributed by atoms with Crippen molar-refractivity contribution in [2.75, 3.05) is 23.8 Å². The molecule has 1 aromatic carbocycles. The van der Waals surface area contributed by atoms with Gasteiger partial charge in [-0.25, -0.2) is 23.1 Å². The maximum absolute atomic E-state index is 12.3. The Bertz CT molecular complexity index is 1120. The Morgan fingerprint density at radius 1 is 1.29 bits per heavy atom. The van der Waals surface area contributed by atoms with E-state index in [0.717, 1.165) is 41.7 Å². The second-order valence-electron chi connectivity index (χ2n) is 7.11. The van der Waals surface area contributed by atoms with E-state index < -0.39 is 10.0 Å². The minimum atomic E-state index is -3.55. The highest BCUT2D eigenvalue weighted by molar-refractivity contribution is 7.89. The first-order chi connectivity index (χ1) is 13.4. The molecule has 1 aliphatic heterocycles. The monoisotopic (exact) mass is 400 g/mol. The van der Waals surface area contributed by atoms with Gasteiger partial charge in [-0.05, 0) is 57.5 Å². The minimum absolute atomic E-state index is 0.212. The number of hydrogen-bond donors (Lipinski definition) is 3. The quantitative estimate of drug-likeness (QED) is 0.608. The van der Waals surface area contributed by atoms with Crippen molar-refractivity contribution in [2.45, 2.75) is 37.6 Å². The number of H-pyrrole nitrogens is 1. The van der Waals surface area contributed by atoms with Crippen molar-refractivity contribution in [3.63, 3.8) is 0 Å². The number of rotatable bonds is 5. The molecule has 8 nitrogen and oxygen atoms in total. The molecule has 0 amide bonds. The van der Waals surface area contributed by atoms with Crippen molar-refractivity contribution < 1.29 is 8.42 Å². The predicted octanol–water partition coefficient (Wildman–Crippen LogP) is 2.91. The molecule has 1 saturated heterocycles. The molecular weight excluding hydrogens is 376 g/mol. The molecule has 0 bridgehead atoms. The molecule has 1 fully saturated rings. The molecule has 3 heterocycles. The van der Waals surface area contributed by atoms with Crippen LogP contribution in [0.1, 0.15) is 25.3 Å². The largest absolute Gasteiger partial charge is 0.367 e. The normalized spacial score (nSPS) is 17.4. The summed E-state index contributed by atoms with van der Waals surface area (Å²) in [6.07, 6.45) is 5.61. The number of hydrogen-bond acceptors (Lipinski definition) is 6. The molecule has 1 atom stereocenters. The number of anilines is 3. The van der Waals surface area contributed by atoms with Crippen LogP contribution in [0.15, 0.2) is 35.6 Å². The Labute approximate surface area is 164 Å². The zero-order valence-corrected chi connectivity index (χ0v) is 17.0. The van der Waals surface area contributed by atoms with E-state index in [1.54, 1.807) is 12.1 Å². The number of aryl methyl sites for hydroxylation is 1. The van der Waals surface area contributed by atoms with E-state index in [1.165, 1.54) is 13.4 Å². The minimum Gasteiger partial charge on any atom is -0.367 e. The molecule has 0 radical (unpaired) electrons. The molecule has 0 saturated carbocycles. The van der Waals surface area contributed by atoms with E-state index in [4.69, 9.17) is 0 Å². The average molecular weight is 401 g/mol. The van der Waals surface area contributed by atoms with Gasteiger partial charge in [-0.3, -0.25) is 0 Å². The summed E-state index contributed by atoms with van der Waals surface area (Å²) in [5, 5.41) is 4.26. The summed E-state index contributed by atoms with van der Waals surface area (Å²) in [7, 11) is -2.14. The number of benzene rings is 1. The van der Waals surface area contributed by atoms with Gasteiger partial charge in [0.25, 0.3) is 0 Å². The lowest BCUT2D eigenvalue weighted by atomic mass is 10.2. The summed E-state index contributed by atoms with van der Waals surface area (Å²) in [6.45, 7) is 5.11. The third-order valence-electron chi connectivity index (χ3n) is 5.33. The molecule has 4 rings (SSSR count). The van der Waals surface area contributed by atoms with Crippen molar-refractivity contribution in [3.05, 3.63) is 36.3 Å². The molecule has 2 aromatic heterocycles. The van der Waals surface area contributed by atoms with Crippen LogP contribution in [0.25, 0.3) is 11.0 Å². The average Bonchev–Trinajstić information content (AvgIpc) is 3.28. The highest BCUT2D eigenvalue weighted by Gasteiger charge is 2.25. The smallest absolute Gasteiger partial charge is 0.240 e. The van der Waals surface area contributed by atoms with Crippen LogP contribution in [-0.2, 0) is 10.0 Å². The van der Waals surface area contributed by atoms with Crippen LogP contribution >= 0.6 is 0 Å². The standard InChI is InChI=1S/C19H24N6O2S/c1-12-10-21-18-17(12)19(23-11-22-18)24-15-9-14(28(26,27)20-3)6-7-16(15)25-8-4-5-13(25)2/h6-7,9-11,13,20H,4-5,8H2,1-3H3,(H2,21,22,23,24)/t13-/m0/s1. The second kappa shape index (κ2) is 7.06. The van der Waals surface area contributed by atoms with Gasteiger partial charge in [-0.1, -0.05) is 0 Å². The topological polar surface area (TPSA) is 103 Å². The fourth-order valence-corrected chi connectivity index (χ4v) is 4.54. The van der Waals surface area contributed by atoms with Gasteiger partial charge < -0.3 is 15.2 Å². The van der Waals surface area contributed by atoms with E-state index in [2.05, 4.69) is 36.8 Å². The fourth-order valence-electron chi connectivity index (χ4n) is 3.78. The summed E-state index contributed by atoms with van der Waals surface area (Å²) in [4.78, 5) is 14.3. The van der Waals surface area contributed by atoms with Crippen molar-refractivity contribution >= 4 is 38.2 Å². The van der Waals surface area contributed by atoms with Gasteiger partial charge in [0.05, 0.1) is 21.7 Å². The molecule has 9 heteroatoms. The SMILES string of the molecule is CNS(=O)(=O)c1ccc(N2CCC[C@@H]2C)c(Nc2ncnc3[nH]cc(C)c23)c1. The zero-order chi connectivity index (χ0) is 19.9. The Kier molecular flexibility index (Phi) is 4.72. The molecule has 3 aromatic rings. The first-order valence-corrected chi connectivity index (χ1v) is 10.8. The molecule has 0 spiro atoms. The highest BCUT2D eigenvalue weighted by atomic mass is 32.2. The van der Waals surface area contributed by atoms with Crippen molar-refractivity contribution in [1.82, 2.24) is 19.7 Å². The lowest BCUT2D eigenvalue weighted by molar-refractivity contribution is 0.588. The van der Waals surface area contributed by atoms with Crippen LogP contribution in [0, 0.1) is 6.92 Å². The Morgan fingerprint density at radius 2 is 2.11 bits per heavy atom. The number of nitrogens with zero attached hydrogens (tertiary/aromatic N) is 3. The Hall–Kier alpha value is -2.65. The second-order valence-corrected chi connectivity index (χ2v) is 9.00. The molecule has 0 aliphatic carbocycles. The van der Waals surface area contributed by atoms with E-state index >= 15 is 0 Å². The van der Waals surface area contributed by atoms with Gasteiger partial charge in [0.15, 0.2) is 0 Å². The van der Waals surface area contributed by atoms with Gasteiger partial charge in [-0.2, -0.15) is 0 Å². The van der Waals surface area contributed by atoms with Crippen molar-refractivity contribution in [2.24, 2.45) is 0 Å². The summed E-state index contributed by atoms with van der Waals surface area (Å²) in [6, 6.07) is 5.58. The number of nitrogens with one attached hydrogen (secondary N) is 3. The van der Waals surface area contributed by atoms with Crippen LogP contribution in [0.2, 0.25) is 0 Å². The van der Waals surface area contributed by atoms with Gasteiger partial charge in [-0.15, -0.1) is 0 Å². The van der Waals surface area contributed by atoms with Gasteiger partial charge in [0.1, 0.15) is 17.8 Å². The summed E-state index contributed by atoms with van der Waals surface area (Å²) >= 11 is 0. The van der Waals surface area contributed by atoms with E-state index in [-0.39, 0.29) is 4.90 Å². The maximum atomic E-state index is 12.3. The summed E-state index contributed by atoms with van der Waals surface area (Å²) in [5.41, 5.74) is 3.45. The number of fused-ring (bicyclic) bond motifs is 1. The van der Waals surface area contributed by atoms with Crippen LogP contribution in [0.5, 0.6) is 0 Å². The van der Waals surface area contributed by atoms with Crippen LogP contribution in [-0.4, -0.2) is 43.0 Å². The third-order valence-corrected chi connectivity index (χ3v) is 6.74. The highest BCUT2D eigenvalue weighted by Crippen LogP contribution is 2.36. The first kappa shape index (κ1) is 18.7. The van der Waals surface area contributed by atoms with Crippen LogP contribution in [0.4, 0.5) is 17.2 Å². The molecule has 3 N–H and O–H groups in total. The molecular formula is C19H24N6O2S. The number of sulfonamides is 1. The molecule has 148 valence electrons. The summed E-state index contributed by atoms with van der Waals surface area (Å²) in [5.74, 6) is 0.649. The lowest BCUT2D eigenvalue weighted by Crippen LogP contribution is -2.27. The number of aromatic amines is 1. The number of aromatic nitrogens is 3. The predicted molar refractivity (Wildman–Crippen MR) is 111 cm³/mol. The lowest BCUT2D eigenvalue weighted by Gasteiger charge is -2.27. The molecule has 28 heavy (non-hydrogen) atoms. The Balaban J connectivity index is 1.85. The first-order valence-electron chi connectivity index (χ1n) is 9.30. The van der Waals surface area contributed by atoms with Crippen molar-refractivity contribution in [3.8, 4) is 0 Å². The van der Waals surface area contributed by atoms with Crippen LogP contribution < -0.4 is 14.9 Å². The van der Waals surface area contributed by atoms with Gasteiger partial charge in [0, 0.05) is 18.8 Å².